The van der Waals surface area contributed by atoms with Crippen molar-refractivity contribution in [3.8, 4) is 0 Å². The number of rotatable bonds is 3. The lowest BCUT2D eigenvalue weighted by Crippen LogP contribution is -2.48. The van der Waals surface area contributed by atoms with Crippen molar-refractivity contribution in [3.05, 3.63) is 29.8 Å². The zero-order valence-corrected chi connectivity index (χ0v) is 11.0. The minimum absolute atomic E-state index is 0.0288. The van der Waals surface area contributed by atoms with Crippen molar-refractivity contribution < 1.29 is 5.21 Å². The topological polar surface area (TPSA) is 61.9 Å². The molecule has 0 bridgehead atoms. The first-order valence-corrected chi connectivity index (χ1v) is 6.49. The lowest BCUT2D eigenvalue weighted by atomic mass is 9.92. The number of benzene rings is 1. The zero-order valence-electron chi connectivity index (χ0n) is 11.0. The maximum atomic E-state index is 8.92. The van der Waals surface area contributed by atoms with Crippen LogP contribution >= 0.6 is 0 Å². The van der Waals surface area contributed by atoms with E-state index in [4.69, 9.17) is 10.9 Å². The number of nitrogens with zero attached hydrogens (tertiary/aromatic N) is 2. The summed E-state index contributed by atoms with van der Waals surface area (Å²) >= 11 is 0. The van der Waals surface area contributed by atoms with Gasteiger partial charge in [-0.3, -0.25) is 0 Å². The van der Waals surface area contributed by atoms with Crippen molar-refractivity contribution in [1.29, 1.82) is 0 Å². The molecule has 1 aliphatic heterocycles. The first-order chi connectivity index (χ1) is 8.67. The molecule has 0 amide bonds. The Balaban J connectivity index is 2.38. The molecule has 3 N–H and O–H groups in total. The number of nitrogens with two attached hydrogens (primary N) is 1. The van der Waals surface area contributed by atoms with E-state index in [-0.39, 0.29) is 6.04 Å². The molecule has 4 nitrogen and oxygen atoms in total. The van der Waals surface area contributed by atoms with Gasteiger partial charge in [0.25, 0.3) is 0 Å². The Morgan fingerprint density at radius 3 is 2.94 bits per heavy atom. The monoisotopic (exact) mass is 247 g/mol. The summed E-state index contributed by atoms with van der Waals surface area (Å²) in [5.41, 5.74) is 8.38. The second kappa shape index (κ2) is 5.29. The molecule has 2 atom stereocenters. The molecule has 0 aromatic heterocycles. The normalized spacial score (nSPS) is 21.6. The van der Waals surface area contributed by atoms with E-state index >= 15 is 0 Å². The van der Waals surface area contributed by atoms with Crippen molar-refractivity contribution in [2.24, 2.45) is 16.8 Å². The van der Waals surface area contributed by atoms with Gasteiger partial charge >= 0.3 is 0 Å². The van der Waals surface area contributed by atoms with E-state index in [2.05, 4.69) is 42.1 Å². The molecule has 0 aliphatic carbocycles. The third-order valence-electron chi connectivity index (χ3n) is 3.60. The van der Waals surface area contributed by atoms with Crippen LogP contribution in [0.15, 0.2) is 29.4 Å². The highest BCUT2D eigenvalue weighted by atomic mass is 16.4. The zero-order chi connectivity index (χ0) is 13.1. The van der Waals surface area contributed by atoms with Crippen LogP contribution in [-0.2, 0) is 6.42 Å². The first-order valence-electron chi connectivity index (χ1n) is 6.49. The second-order valence-corrected chi connectivity index (χ2v) is 5.04. The first kappa shape index (κ1) is 12.7. The van der Waals surface area contributed by atoms with E-state index in [0.29, 0.717) is 11.8 Å². The summed E-state index contributed by atoms with van der Waals surface area (Å²) in [5.74, 6) is 0.877. The molecule has 1 aromatic rings. The highest BCUT2D eigenvalue weighted by Crippen LogP contribution is 2.31. The highest BCUT2D eigenvalue weighted by molar-refractivity contribution is 5.88. The summed E-state index contributed by atoms with van der Waals surface area (Å²) in [7, 11) is 0. The Morgan fingerprint density at radius 2 is 2.28 bits per heavy atom. The molecule has 18 heavy (non-hydrogen) atoms. The Labute approximate surface area is 108 Å². The molecule has 98 valence electrons. The smallest absolute Gasteiger partial charge is 0.161 e. The summed E-state index contributed by atoms with van der Waals surface area (Å²) in [6, 6.07) is 8.37. The molecule has 0 radical (unpaired) electrons. The summed E-state index contributed by atoms with van der Waals surface area (Å²) < 4.78 is 0. The van der Waals surface area contributed by atoms with E-state index in [1.165, 1.54) is 11.3 Å². The molecule has 2 unspecified atom stereocenters. The minimum atomic E-state index is -0.0288. The van der Waals surface area contributed by atoms with Gasteiger partial charge in [-0.2, -0.15) is 0 Å². The Hall–Kier alpha value is -1.71. The molecule has 1 aliphatic rings. The van der Waals surface area contributed by atoms with Crippen molar-refractivity contribution in [1.82, 2.24) is 0 Å². The molecule has 0 spiro atoms. The third-order valence-corrected chi connectivity index (χ3v) is 3.60. The van der Waals surface area contributed by atoms with Crippen molar-refractivity contribution in [2.75, 3.05) is 11.4 Å². The number of amidine groups is 1. The largest absolute Gasteiger partial charge is 0.409 e. The number of oxime groups is 1. The fourth-order valence-electron chi connectivity index (χ4n) is 2.79. The quantitative estimate of drug-likeness (QED) is 0.372. The summed E-state index contributed by atoms with van der Waals surface area (Å²) in [6.45, 7) is 5.25. The van der Waals surface area contributed by atoms with Crippen LogP contribution in [0.5, 0.6) is 0 Å². The van der Waals surface area contributed by atoms with E-state index in [9.17, 15) is 0 Å². The predicted octanol–water partition coefficient (Wildman–Crippen LogP) is 2.21. The molecule has 4 heteroatoms. The van der Waals surface area contributed by atoms with Crippen LogP contribution in [0.2, 0.25) is 0 Å². The number of hydrogen-bond donors (Lipinski definition) is 2. The van der Waals surface area contributed by atoms with Gasteiger partial charge in [0, 0.05) is 12.2 Å². The van der Waals surface area contributed by atoms with Crippen LogP contribution < -0.4 is 10.6 Å². The van der Waals surface area contributed by atoms with Gasteiger partial charge in [0.1, 0.15) is 0 Å². The number of para-hydroxylation sites is 1. The summed E-state index contributed by atoms with van der Waals surface area (Å²) in [5, 5.41) is 12.1. The standard InChI is InChI=1S/C14H21N3O/c1-3-12(14(15)16-18)17-9-10(2)8-11-6-4-5-7-13(11)17/h4-7,10,12,18H,3,8-9H2,1-2H3,(H2,15,16). The number of hydrogen-bond acceptors (Lipinski definition) is 3. The van der Waals surface area contributed by atoms with Gasteiger partial charge < -0.3 is 15.8 Å². The van der Waals surface area contributed by atoms with Crippen LogP contribution in [0.1, 0.15) is 25.8 Å². The maximum absolute atomic E-state index is 8.92. The van der Waals surface area contributed by atoms with Gasteiger partial charge in [0.15, 0.2) is 5.84 Å². The van der Waals surface area contributed by atoms with Crippen LogP contribution in [0, 0.1) is 5.92 Å². The van der Waals surface area contributed by atoms with E-state index in [1.807, 2.05) is 6.07 Å². The van der Waals surface area contributed by atoms with E-state index < -0.39 is 0 Å². The maximum Gasteiger partial charge on any atom is 0.161 e. The van der Waals surface area contributed by atoms with Crippen LogP contribution in [0.25, 0.3) is 0 Å². The van der Waals surface area contributed by atoms with Crippen molar-refractivity contribution in [2.45, 2.75) is 32.7 Å². The molecule has 2 rings (SSSR count). The van der Waals surface area contributed by atoms with Crippen LogP contribution in [0.4, 0.5) is 5.69 Å². The Bertz CT molecular complexity index is 444. The fourth-order valence-corrected chi connectivity index (χ4v) is 2.79. The summed E-state index contributed by atoms with van der Waals surface area (Å²) in [4.78, 5) is 2.26. The molecule has 1 heterocycles. The lowest BCUT2D eigenvalue weighted by Gasteiger charge is -2.39. The molecule has 1 aromatic carbocycles. The van der Waals surface area contributed by atoms with Crippen LogP contribution in [0.3, 0.4) is 0 Å². The average Bonchev–Trinajstić information content (AvgIpc) is 2.39. The average molecular weight is 247 g/mol. The van der Waals surface area contributed by atoms with Gasteiger partial charge in [-0.1, -0.05) is 37.2 Å². The van der Waals surface area contributed by atoms with Gasteiger partial charge in [-0.05, 0) is 30.4 Å². The fraction of sp³-hybridized carbons (Fsp3) is 0.500. The second-order valence-electron chi connectivity index (χ2n) is 5.04. The van der Waals surface area contributed by atoms with Gasteiger partial charge in [0.05, 0.1) is 6.04 Å². The Morgan fingerprint density at radius 1 is 1.56 bits per heavy atom. The predicted molar refractivity (Wildman–Crippen MR) is 74.1 cm³/mol. The number of anilines is 1. The SMILES string of the molecule is CCC(/C(N)=N/O)N1CC(C)Cc2ccccc21. The molecule has 0 fully saturated rings. The van der Waals surface area contributed by atoms with Crippen molar-refractivity contribution in [3.63, 3.8) is 0 Å². The third kappa shape index (κ3) is 2.28. The molecular weight excluding hydrogens is 226 g/mol. The summed E-state index contributed by atoms with van der Waals surface area (Å²) in [6.07, 6.45) is 1.93. The van der Waals surface area contributed by atoms with Gasteiger partial charge in [-0.15, -0.1) is 0 Å². The highest BCUT2D eigenvalue weighted by Gasteiger charge is 2.28. The molecule has 0 saturated heterocycles. The van der Waals surface area contributed by atoms with Gasteiger partial charge in [-0.25, -0.2) is 0 Å². The minimum Gasteiger partial charge on any atom is -0.409 e. The van der Waals surface area contributed by atoms with E-state index in [0.717, 1.165) is 19.4 Å². The van der Waals surface area contributed by atoms with Crippen molar-refractivity contribution >= 4 is 11.5 Å². The van der Waals surface area contributed by atoms with Gasteiger partial charge in [0.2, 0.25) is 0 Å². The molecular formula is C14H21N3O. The van der Waals surface area contributed by atoms with Crippen LogP contribution in [-0.4, -0.2) is 23.6 Å². The Kier molecular flexibility index (Phi) is 3.75. The number of fused-ring (bicyclic) bond motifs is 1. The molecule has 0 saturated carbocycles. The lowest BCUT2D eigenvalue weighted by molar-refractivity contribution is 0.315. The van der Waals surface area contributed by atoms with E-state index in [1.54, 1.807) is 0 Å².